The second-order valence-electron chi connectivity index (χ2n) is 5.14. The fourth-order valence-electron chi connectivity index (χ4n) is 2.48. The molecule has 3 rings (SSSR count). The summed E-state index contributed by atoms with van der Waals surface area (Å²) < 4.78 is 28.5. The minimum atomic E-state index is -3.59. The third-order valence-electron chi connectivity index (χ3n) is 3.69. The second kappa shape index (κ2) is 6.00. The number of aryl methyl sites for hydroxylation is 1. The number of nitrogens with zero attached hydrogens (tertiary/aromatic N) is 3. The lowest BCUT2D eigenvalue weighted by Crippen LogP contribution is -2.46. The molecule has 1 aliphatic heterocycles. The predicted molar refractivity (Wildman–Crippen MR) is 84.9 cm³/mol. The number of piperazine rings is 1. The Kier molecular flexibility index (Phi) is 4.22. The summed E-state index contributed by atoms with van der Waals surface area (Å²) >= 11 is 6.31. The Labute approximate surface area is 134 Å². The van der Waals surface area contributed by atoms with Gasteiger partial charge in [0.2, 0.25) is 0 Å². The molecule has 0 aliphatic carbocycles. The van der Waals surface area contributed by atoms with Crippen molar-refractivity contribution >= 4 is 21.6 Å². The first-order valence-corrected chi connectivity index (χ1v) is 8.84. The molecule has 1 aromatic carbocycles. The van der Waals surface area contributed by atoms with Crippen LogP contribution in [0.15, 0.2) is 35.5 Å². The summed E-state index contributed by atoms with van der Waals surface area (Å²) in [5.41, 5.74) is 1.44. The molecule has 1 N–H and O–H groups in total. The lowest BCUT2D eigenvalue weighted by Gasteiger charge is -2.26. The topological polar surface area (TPSA) is 67.2 Å². The molecule has 0 radical (unpaired) electrons. The van der Waals surface area contributed by atoms with Gasteiger partial charge in [0.05, 0.1) is 16.9 Å². The van der Waals surface area contributed by atoms with Crippen molar-refractivity contribution in [3.63, 3.8) is 0 Å². The smallest absolute Gasteiger partial charge is 0.260 e. The molecule has 1 aliphatic rings. The molecule has 2 aromatic rings. The van der Waals surface area contributed by atoms with Gasteiger partial charge < -0.3 is 5.32 Å². The number of nitrogens with one attached hydrogen (secondary N) is 1. The Morgan fingerprint density at radius 2 is 1.95 bits per heavy atom. The number of hydrogen-bond acceptors (Lipinski definition) is 4. The van der Waals surface area contributed by atoms with Crippen LogP contribution in [0.1, 0.15) is 5.56 Å². The van der Waals surface area contributed by atoms with Crippen LogP contribution in [-0.4, -0.2) is 48.7 Å². The van der Waals surface area contributed by atoms with Crippen LogP contribution in [0, 0.1) is 6.92 Å². The van der Waals surface area contributed by atoms with E-state index in [1.165, 1.54) is 21.3 Å². The second-order valence-corrected chi connectivity index (χ2v) is 7.41. The van der Waals surface area contributed by atoms with E-state index in [0.29, 0.717) is 36.9 Å². The predicted octanol–water partition coefficient (Wildman–Crippen LogP) is 1.43. The van der Waals surface area contributed by atoms with Crippen molar-refractivity contribution in [1.82, 2.24) is 19.4 Å². The molecule has 6 nitrogen and oxygen atoms in total. The largest absolute Gasteiger partial charge is 0.314 e. The van der Waals surface area contributed by atoms with Crippen LogP contribution < -0.4 is 5.32 Å². The highest BCUT2D eigenvalue weighted by Gasteiger charge is 2.29. The van der Waals surface area contributed by atoms with Crippen LogP contribution in [0.4, 0.5) is 0 Å². The molecule has 22 heavy (non-hydrogen) atoms. The molecule has 1 saturated heterocycles. The van der Waals surface area contributed by atoms with Gasteiger partial charge in [0.25, 0.3) is 10.0 Å². The van der Waals surface area contributed by atoms with Crippen LogP contribution in [0.2, 0.25) is 5.02 Å². The minimum Gasteiger partial charge on any atom is -0.314 e. The summed E-state index contributed by atoms with van der Waals surface area (Å²) in [5.74, 6) is 0. The Balaban J connectivity index is 2.07. The maximum Gasteiger partial charge on any atom is 0.260 e. The van der Waals surface area contributed by atoms with Crippen molar-refractivity contribution in [2.24, 2.45) is 0 Å². The van der Waals surface area contributed by atoms with Crippen molar-refractivity contribution in [1.29, 1.82) is 0 Å². The third-order valence-corrected chi connectivity index (χ3v) is 6.06. The molecular weight excluding hydrogens is 324 g/mol. The van der Waals surface area contributed by atoms with Gasteiger partial charge in [-0.15, -0.1) is 0 Å². The van der Waals surface area contributed by atoms with Crippen molar-refractivity contribution < 1.29 is 8.42 Å². The van der Waals surface area contributed by atoms with E-state index < -0.39 is 10.0 Å². The summed E-state index contributed by atoms with van der Waals surface area (Å²) in [5, 5.41) is 7.95. The van der Waals surface area contributed by atoms with Crippen LogP contribution in [-0.2, 0) is 10.0 Å². The van der Waals surface area contributed by atoms with Crippen LogP contribution in [0.3, 0.4) is 0 Å². The number of aromatic nitrogens is 2. The van der Waals surface area contributed by atoms with Gasteiger partial charge in [-0.3, -0.25) is 0 Å². The zero-order valence-corrected chi connectivity index (χ0v) is 13.7. The van der Waals surface area contributed by atoms with Gasteiger partial charge in [-0.2, -0.15) is 9.40 Å². The molecule has 0 saturated carbocycles. The van der Waals surface area contributed by atoms with Crippen molar-refractivity contribution in [2.75, 3.05) is 26.2 Å². The molecule has 118 valence electrons. The minimum absolute atomic E-state index is 0.141. The van der Waals surface area contributed by atoms with Gasteiger partial charge >= 0.3 is 0 Å². The Morgan fingerprint density at radius 3 is 2.68 bits per heavy atom. The summed E-state index contributed by atoms with van der Waals surface area (Å²) in [4.78, 5) is 0. The molecule has 1 fully saturated rings. The van der Waals surface area contributed by atoms with Crippen LogP contribution in [0.25, 0.3) is 5.69 Å². The maximum atomic E-state index is 12.8. The van der Waals surface area contributed by atoms with E-state index >= 15 is 0 Å². The quantitative estimate of drug-likeness (QED) is 0.917. The fraction of sp³-hybridized carbons (Fsp3) is 0.357. The molecule has 0 unspecified atom stereocenters. The average Bonchev–Trinajstić information content (AvgIpc) is 3.01. The highest BCUT2D eigenvalue weighted by Crippen LogP contribution is 2.27. The summed E-state index contributed by atoms with van der Waals surface area (Å²) in [6.07, 6.45) is 1.48. The maximum absolute atomic E-state index is 12.8. The number of halogens is 1. The standard InChI is InChI=1S/C14H17ClN4O2S/c1-11-3-2-4-12(14(11)15)19-13(5-6-17-19)22(20,21)18-9-7-16-8-10-18/h2-6,16H,7-10H2,1H3. The average molecular weight is 341 g/mol. The molecule has 0 amide bonds. The van der Waals surface area contributed by atoms with Gasteiger partial charge in [0.15, 0.2) is 5.03 Å². The molecule has 0 atom stereocenters. The van der Waals surface area contributed by atoms with E-state index in [0.717, 1.165) is 5.56 Å². The zero-order chi connectivity index (χ0) is 15.7. The fourth-order valence-corrected chi connectivity index (χ4v) is 4.21. The lowest BCUT2D eigenvalue weighted by atomic mass is 10.2. The van der Waals surface area contributed by atoms with E-state index in [2.05, 4.69) is 10.4 Å². The highest BCUT2D eigenvalue weighted by atomic mass is 35.5. The highest BCUT2D eigenvalue weighted by molar-refractivity contribution is 7.89. The van der Waals surface area contributed by atoms with Gasteiger partial charge in [-0.25, -0.2) is 13.1 Å². The van der Waals surface area contributed by atoms with Crippen molar-refractivity contribution in [3.05, 3.63) is 41.0 Å². The molecule has 0 spiro atoms. The Hall–Kier alpha value is -1.41. The zero-order valence-electron chi connectivity index (χ0n) is 12.2. The summed E-state index contributed by atoms with van der Waals surface area (Å²) in [6, 6.07) is 6.98. The first kappa shape index (κ1) is 15.5. The van der Waals surface area contributed by atoms with E-state index in [4.69, 9.17) is 11.6 Å². The molecular formula is C14H17ClN4O2S. The first-order valence-electron chi connectivity index (χ1n) is 7.02. The third kappa shape index (κ3) is 2.65. The van der Waals surface area contributed by atoms with Gasteiger partial charge in [0.1, 0.15) is 0 Å². The molecule has 1 aromatic heterocycles. The lowest BCUT2D eigenvalue weighted by molar-refractivity contribution is 0.358. The van der Waals surface area contributed by atoms with E-state index in [9.17, 15) is 8.42 Å². The number of benzene rings is 1. The van der Waals surface area contributed by atoms with E-state index in [1.54, 1.807) is 6.07 Å². The molecule has 2 heterocycles. The van der Waals surface area contributed by atoms with Crippen LogP contribution in [0.5, 0.6) is 0 Å². The molecule has 0 bridgehead atoms. The Bertz CT molecular complexity index is 782. The van der Waals surface area contributed by atoms with E-state index in [1.807, 2.05) is 19.1 Å². The normalized spacial score (nSPS) is 16.8. The monoisotopic (exact) mass is 340 g/mol. The first-order chi connectivity index (χ1) is 10.5. The van der Waals surface area contributed by atoms with E-state index in [-0.39, 0.29) is 5.03 Å². The van der Waals surface area contributed by atoms with Crippen molar-refractivity contribution in [2.45, 2.75) is 11.9 Å². The SMILES string of the molecule is Cc1cccc(-n2nccc2S(=O)(=O)N2CCNCC2)c1Cl. The van der Waals surface area contributed by atoms with Gasteiger partial charge in [0, 0.05) is 26.2 Å². The number of hydrogen-bond donors (Lipinski definition) is 1. The van der Waals surface area contributed by atoms with Crippen LogP contribution >= 0.6 is 11.6 Å². The number of sulfonamides is 1. The number of rotatable bonds is 3. The molecule has 8 heteroatoms. The van der Waals surface area contributed by atoms with Gasteiger partial charge in [-0.05, 0) is 24.6 Å². The summed E-state index contributed by atoms with van der Waals surface area (Å²) in [6.45, 7) is 4.08. The summed E-state index contributed by atoms with van der Waals surface area (Å²) in [7, 11) is -3.59. The van der Waals surface area contributed by atoms with Gasteiger partial charge in [-0.1, -0.05) is 23.7 Å². The Morgan fingerprint density at radius 1 is 1.23 bits per heavy atom. The van der Waals surface area contributed by atoms with Crippen molar-refractivity contribution in [3.8, 4) is 5.69 Å².